The van der Waals surface area contributed by atoms with Crippen molar-refractivity contribution >= 4 is 29.5 Å². The number of carbonyl (C=O) groups excluding carboxylic acids is 3. The van der Waals surface area contributed by atoms with E-state index in [0.29, 0.717) is 5.69 Å². The number of anilines is 1. The van der Waals surface area contributed by atoms with Crippen LogP contribution in [-0.4, -0.2) is 46.4 Å². The van der Waals surface area contributed by atoms with Gasteiger partial charge in [-0.3, -0.25) is 19.3 Å². The summed E-state index contributed by atoms with van der Waals surface area (Å²) in [4.78, 5) is 47.3. The van der Waals surface area contributed by atoms with E-state index in [9.17, 15) is 19.2 Å². The topological polar surface area (TPSA) is 116 Å². The minimum Gasteiger partial charge on any atom is -0.480 e. The highest BCUT2D eigenvalue weighted by molar-refractivity contribution is 6.22. The van der Waals surface area contributed by atoms with E-state index in [0.717, 1.165) is 4.90 Å². The molecule has 0 unspecified atom stereocenters. The number of fused-ring (bicyclic) bond motifs is 1. The monoisotopic (exact) mass is 305 g/mol. The predicted molar refractivity (Wildman–Crippen MR) is 76.7 cm³/mol. The van der Waals surface area contributed by atoms with E-state index in [1.165, 1.54) is 18.2 Å². The van der Waals surface area contributed by atoms with Gasteiger partial charge in [0.15, 0.2) is 0 Å². The molecule has 22 heavy (non-hydrogen) atoms. The van der Waals surface area contributed by atoms with E-state index in [1.807, 2.05) is 0 Å². The van der Waals surface area contributed by atoms with Crippen LogP contribution in [0.4, 0.5) is 10.5 Å². The molecule has 116 valence electrons. The van der Waals surface area contributed by atoms with E-state index >= 15 is 0 Å². The number of nitrogens with one attached hydrogen (secondary N) is 2. The molecule has 0 aliphatic carbocycles. The first-order chi connectivity index (χ1) is 10.3. The van der Waals surface area contributed by atoms with Gasteiger partial charge >= 0.3 is 12.0 Å². The molecule has 2 rings (SSSR count). The summed E-state index contributed by atoms with van der Waals surface area (Å²) in [6.45, 7) is 2.95. The second-order valence-corrected chi connectivity index (χ2v) is 5.04. The summed E-state index contributed by atoms with van der Waals surface area (Å²) in [5.74, 6) is -1.95. The second kappa shape index (κ2) is 5.84. The third kappa shape index (κ3) is 2.90. The van der Waals surface area contributed by atoms with E-state index in [-0.39, 0.29) is 23.1 Å². The highest BCUT2D eigenvalue weighted by Crippen LogP contribution is 2.27. The molecule has 8 nitrogen and oxygen atoms in total. The molecule has 1 heterocycles. The lowest BCUT2D eigenvalue weighted by Gasteiger charge is -2.17. The highest BCUT2D eigenvalue weighted by atomic mass is 16.4. The molecule has 1 aromatic rings. The molecule has 0 bridgehead atoms. The Labute approximate surface area is 126 Å². The summed E-state index contributed by atoms with van der Waals surface area (Å²) in [5, 5.41) is 13.0. The van der Waals surface area contributed by atoms with Crippen molar-refractivity contribution in [1.29, 1.82) is 0 Å². The maximum atomic E-state index is 12.2. The fourth-order valence-corrected chi connectivity index (χ4v) is 2.14. The number of benzene rings is 1. The summed E-state index contributed by atoms with van der Waals surface area (Å²) < 4.78 is 0. The fourth-order valence-electron chi connectivity index (χ4n) is 2.14. The average molecular weight is 305 g/mol. The quantitative estimate of drug-likeness (QED) is 0.715. The van der Waals surface area contributed by atoms with Gasteiger partial charge in [0.05, 0.1) is 11.1 Å². The van der Waals surface area contributed by atoms with Gasteiger partial charge in [-0.2, -0.15) is 0 Å². The molecule has 8 heteroatoms. The molecule has 0 spiro atoms. The lowest BCUT2D eigenvalue weighted by atomic mass is 10.1. The number of carbonyl (C=O) groups is 4. The van der Waals surface area contributed by atoms with Gasteiger partial charge in [-0.15, -0.1) is 0 Å². The Morgan fingerprint density at radius 3 is 2.41 bits per heavy atom. The molecule has 0 fully saturated rings. The molecule has 0 saturated heterocycles. The van der Waals surface area contributed by atoms with Gasteiger partial charge in [-0.25, -0.2) is 4.79 Å². The average Bonchev–Trinajstić information content (AvgIpc) is 2.68. The lowest BCUT2D eigenvalue weighted by Crippen LogP contribution is -2.35. The Balaban J connectivity index is 2.17. The van der Waals surface area contributed by atoms with Crippen LogP contribution in [0.1, 0.15) is 34.6 Å². The first-order valence-electron chi connectivity index (χ1n) is 6.60. The zero-order chi connectivity index (χ0) is 16.4. The van der Waals surface area contributed by atoms with Crippen LogP contribution in [0, 0.1) is 0 Å². The zero-order valence-electron chi connectivity index (χ0n) is 12.0. The first kappa shape index (κ1) is 15.5. The molecule has 1 aliphatic rings. The van der Waals surface area contributed by atoms with Crippen LogP contribution in [0.3, 0.4) is 0 Å². The first-order valence-corrected chi connectivity index (χ1v) is 6.60. The molecule has 0 saturated carbocycles. The van der Waals surface area contributed by atoms with Gasteiger partial charge in [-0.1, -0.05) is 0 Å². The predicted octanol–water partition coefficient (Wildman–Crippen LogP) is 0.897. The van der Waals surface area contributed by atoms with Gasteiger partial charge in [0, 0.05) is 11.7 Å². The smallest absolute Gasteiger partial charge is 0.323 e. The van der Waals surface area contributed by atoms with Crippen LogP contribution in [0.15, 0.2) is 18.2 Å². The molecule has 1 aromatic carbocycles. The number of imide groups is 1. The summed E-state index contributed by atoms with van der Waals surface area (Å²) in [6, 6.07) is 3.37. The van der Waals surface area contributed by atoms with Crippen molar-refractivity contribution in [3.8, 4) is 0 Å². The molecule has 4 amide bonds. The van der Waals surface area contributed by atoms with Gasteiger partial charge in [-0.05, 0) is 32.0 Å². The zero-order valence-corrected chi connectivity index (χ0v) is 12.0. The Morgan fingerprint density at radius 2 is 1.82 bits per heavy atom. The van der Waals surface area contributed by atoms with Gasteiger partial charge < -0.3 is 15.7 Å². The summed E-state index contributed by atoms with van der Waals surface area (Å²) >= 11 is 0. The minimum absolute atomic E-state index is 0.217. The van der Waals surface area contributed by atoms with Gasteiger partial charge in [0.1, 0.15) is 6.54 Å². The van der Waals surface area contributed by atoms with Gasteiger partial charge in [0.2, 0.25) is 0 Å². The van der Waals surface area contributed by atoms with Gasteiger partial charge in [0.25, 0.3) is 11.8 Å². The molecule has 3 N–H and O–H groups in total. The van der Waals surface area contributed by atoms with Crippen LogP contribution in [0.25, 0.3) is 0 Å². The van der Waals surface area contributed by atoms with E-state index in [2.05, 4.69) is 10.6 Å². The standard InChI is InChI=1S/C14H15N3O5/c1-7(2)17-12(20)9-4-3-8(5-10(9)13(17)21)16-14(22)15-6-11(18)19/h3-5,7H,6H2,1-2H3,(H,18,19)(H2,15,16,22). The Bertz CT molecular complexity index is 668. The highest BCUT2D eigenvalue weighted by Gasteiger charge is 2.37. The SMILES string of the molecule is CC(C)N1C(=O)c2ccc(NC(=O)NCC(=O)O)cc2C1=O. The van der Waals surface area contributed by atoms with Crippen molar-refractivity contribution in [1.82, 2.24) is 10.2 Å². The number of rotatable bonds is 4. The van der Waals surface area contributed by atoms with Crippen LogP contribution < -0.4 is 10.6 Å². The van der Waals surface area contributed by atoms with Crippen molar-refractivity contribution in [3.05, 3.63) is 29.3 Å². The summed E-state index contributed by atoms with van der Waals surface area (Å²) in [6.07, 6.45) is 0. The van der Waals surface area contributed by atoms with E-state index in [4.69, 9.17) is 5.11 Å². The number of amides is 4. The third-order valence-electron chi connectivity index (χ3n) is 3.09. The number of carboxylic acid groups (broad SMARTS) is 1. The Morgan fingerprint density at radius 1 is 1.18 bits per heavy atom. The molecule has 1 aliphatic heterocycles. The maximum Gasteiger partial charge on any atom is 0.323 e. The van der Waals surface area contributed by atoms with E-state index in [1.54, 1.807) is 13.8 Å². The normalized spacial score (nSPS) is 13.3. The minimum atomic E-state index is -1.17. The number of hydrogen-bond acceptors (Lipinski definition) is 4. The largest absolute Gasteiger partial charge is 0.480 e. The molecular weight excluding hydrogens is 290 g/mol. The van der Waals surface area contributed by atoms with Crippen molar-refractivity contribution in [2.24, 2.45) is 0 Å². The van der Waals surface area contributed by atoms with Crippen molar-refractivity contribution in [2.45, 2.75) is 19.9 Å². The molecule has 0 atom stereocenters. The van der Waals surface area contributed by atoms with Crippen molar-refractivity contribution < 1.29 is 24.3 Å². The summed E-state index contributed by atoms with van der Waals surface area (Å²) in [5.41, 5.74) is 0.804. The van der Waals surface area contributed by atoms with Crippen LogP contribution in [-0.2, 0) is 4.79 Å². The fraction of sp³-hybridized carbons (Fsp3) is 0.286. The number of hydrogen-bond donors (Lipinski definition) is 3. The third-order valence-corrected chi connectivity index (χ3v) is 3.09. The van der Waals surface area contributed by atoms with Crippen LogP contribution >= 0.6 is 0 Å². The van der Waals surface area contributed by atoms with Crippen molar-refractivity contribution in [2.75, 3.05) is 11.9 Å². The van der Waals surface area contributed by atoms with E-state index < -0.39 is 24.5 Å². The molecule has 0 aromatic heterocycles. The number of carboxylic acids is 1. The lowest BCUT2D eigenvalue weighted by molar-refractivity contribution is -0.135. The maximum absolute atomic E-state index is 12.2. The number of aliphatic carboxylic acids is 1. The number of nitrogens with zero attached hydrogens (tertiary/aromatic N) is 1. The molecule has 0 radical (unpaired) electrons. The van der Waals surface area contributed by atoms with Crippen LogP contribution in [0.2, 0.25) is 0 Å². The van der Waals surface area contributed by atoms with Crippen molar-refractivity contribution in [3.63, 3.8) is 0 Å². The summed E-state index contributed by atoms with van der Waals surface area (Å²) in [7, 11) is 0. The Hall–Kier alpha value is -2.90. The van der Waals surface area contributed by atoms with Crippen LogP contribution in [0.5, 0.6) is 0 Å². The number of urea groups is 1. The molecular formula is C14H15N3O5. The second-order valence-electron chi connectivity index (χ2n) is 5.04. The Kier molecular flexibility index (Phi) is 4.11.